The molecule has 2 aromatic rings. The number of carbonyl (C=O) groups is 2. The third-order valence-electron chi connectivity index (χ3n) is 5.84. The van der Waals surface area contributed by atoms with E-state index in [4.69, 9.17) is 4.74 Å². The molecule has 7 nitrogen and oxygen atoms in total. The number of fused-ring (bicyclic) bond motifs is 1. The van der Waals surface area contributed by atoms with Crippen LogP contribution in [0.4, 0.5) is 11.4 Å². The maximum absolute atomic E-state index is 12.3. The number of ether oxygens (including phenoxy) is 1. The molecular formula is C24H30N4O3. The van der Waals surface area contributed by atoms with Gasteiger partial charge in [0.05, 0.1) is 5.69 Å². The highest BCUT2D eigenvalue weighted by atomic mass is 16.5. The summed E-state index contributed by atoms with van der Waals surface area (Å²) in [5.74, 6) is 0.557. The van der Waals surface area contributed by atoms with E-state index in [-0.39, 0.29) is 24.8 Å². The molecule has 31 heavy (non-hydrogen) atoms. The SMILES string of the molecule is O=C(CCN1C(=O)COc2ccccc21)NCCCN1CCN(c2ccccc2)CC1. The number of nitrogens with zero attached hydrogens (tertiary/aromatic N) is 3. The maximum Gasteiger partial charge on any atom is 0.265 e. The molecule has 2 aliphatic heterocycles. The highest BCUT2D eigenvalue weighted by molar-refractivity contribution is 5.98. The average molecular weight is 423 g/mol. The number of para-hydroxylation sites is 3. The van der Waals surface area contributed by atoms with E-state index >= 15 is 0 Å². The molecule has 2 amide bonds. The first-order valence-electron chi connectivity index (χ1n) is 11.0. The highest BCUT2D eigenvalue weighted by Gasteiger charge is 2.25. The Balaban J connectivity index is 1.12. The van der Waals surface area contributed by atoms with E-state index in [1.165, 1.54) is 5.69 Å². The summed E-state index contributed by atoms with van der Waals surface area (Å²) >= 11 is 0. The number of piperazine rings is 1. The number of rotatable bonds is 8. The van der Waals surface area contributed by atoms with Crippen LogP contribution in [0.25, 0.3) is 0 Å². The van der Waals surface area contributed by atoms with E-state index in [1.807, 2.05) is 30.3 Å². The van der Waals surface area contributed by atoms with Gasteiger partial charge in [-0.1, -0.05) is 30.3 Å². The second-order valence-electron chi connectivity index (χ2n) is 7.92. The van der Waals surface area contributed by atoms with Crippen LogP contribution in [0, 0.1) is 0 Å². The first-order valence-corrected chi connectivity index (χ1v) is 11.0. The van der Waals surface area contributed by atoms with Crippen molar-refractivity contribution < 1.29 is 14.3 Å². The summed E-state index contributed by atoms with van der Waals surface area (Å²) in [5.41, 5.74) is 2.02. The Labute approximate surface area is 183 Å². The van der Waals surface area contributed by atoms with E-state index in [0.717, 1.165) is 44.8 Å². The Bertz CT molecular complexity index is 881. The van der Waals surface area contributed by atoms with E-state index in [9.17, 15) is 9.59 Å². The summed E-state index contributed by atoms with van der Waals surface area (Å²) in [5, 5.41) is 2.99. The van der Waals surface area contributed by atoms with E-state index in [0.29, 0.717) is 18.8 Å². The summed E-state index contributed by atoms with van der Waals surface area (Å²) in [4.78, 5) is 31.0. The standard InChI is InChI=1S/C24H30N4O3/c29-23(11-14-28-21-9-4-5-10-22(21)31-19-24(28)30)25-12-6-13-26-15-17-27(18-16-26)20-7-2-1-3-8-20/h1-5,7-10H,6,11-19H2,(H,25,29). The smallest absolute Gasteiger partial charge is 0.265 e. The zero-order valence-corrected chi connectivity index (χ0v) is 17.8. The fraction of sp³-hybridized carbons (Fsp3) is 0.417. The molecule has 7 heteroatoms. The molecule has 1 N–H and O–H groups in total. The van der Waals surface area contributed by atoms with Crippen LogP contribution in [0.15, 0.2) is 54.6 Å². The van der Waals surface area contributed by atoms with Crippen molar-refractivity contribution in [3.63, 3.8) is 0 Å². The van der Waals surface area contributed by atoms with Crippen molar-refractivity contribution in [1.82, 2.24) is 10.2 Å². The fourth-order valence-corrected chi connectivity index (χ4v) is 4.10. The van der Waals surface area contributed by atoms with Gasteiger partial charge in [0.2, 0.25) is 5.91 Å². The van der Waals surface area contributed by atoms with Crippen molar-refractivity contribution in [1.29, 1.82) is 0 Å². The minimum Gasteiger partial charge on any atom is -0.482 e. The monoisotopic (exact) mass is 422 g/mol. The van der Waals surface area contributed by atoms with Crippen LogP contribution in [0.5, 0.6) is 5.75 Å². The van der Waals surface area contributed by atoms with Gasteiger partial charge >= 0.3 is 0 Å². The molecule has 1 saturated heterocycles. The number of amides is 2. The largest absolute Gasteiger partial charge is 0.482 e. The molecule has 0 unspecified atom stereocenters. The normalized spacial score (nSPS) is 16.6. The molecule has 0 atom stereocenters. The summed E-state index contributed by atoms with van der Waals surface area (Å²) in [6, 6.07) is 18.0. The lowest BCUT2D eigenvalue weighted by Gasteiger charge is -2.36. The molecule has 0 aromatic heterocycles. The molecular weight excluding hydrogens is 392 g/mol. The molecule has 4 rings (SSSR count). The minimum absolute atomic E-state index is 0.0225. The summed E-state index contributed by atoms with van der Waals surface area (Å²) in [7, 11) is 0. The first kappa shape index (κ1) is 21.2. The van der Waals surface area contributed by atoms with Gasteiger partial charge in [-0.3, -0.25) is 14.5 Å². The zero-order chi connectivity index (χ0) is 21.5. The fourth-order valence-electron chi connectivity index (χ4n) is 4.10. The lowest BCUT2D eigenvalue weighted by Crippen LogP contribution is -2.47. The number of anilines is 2. The Kier molecular flexibility index (Phi) is 7.04. The molecule has 2 aliphatic rings. The van der Waals surface area contributed by atoms with Gasteiger partial charge < -0.3 is 19.9 Å². The Morgan fingerprint density at radius 1 is 0.935 bits per heavy atom. The summed E-state index contributed by atoms with van der Waals surface area (Å²) in [6.07, 6.45) is 1.21. The molecule has 164 valence electrons. The zero-order valence-electron chi connectivity index (χ0n) is 17.8. The van der Waals surface area contributed by atoms with E-state index in [1.54, 1.807) is 4.90 Å². The van der Waals surface area contributed by atoms with Gasteiger partial charge in [0.25, 0.3) is 5.91 Å². The number of carbonyl (C=O) groups excluding carboxylic acids is 2. The Morgan fingerprint density at radius 2 is 1.68 bits per heavy atom. The Morgan fingerprint density at radius 3 is 2.48 bits per heavy atom. The summed E-state index contributed by atoms with van der Waals surface area (Å²) in [6.45, 7) is 6.19. The van der Waals surface area contributed by atoms with Gasteiger partial charge in [-0.05, 0) is 37.2 Å². The molecule has 0 radical (unpaired) electrons. The van der Waals surface area contributed by atoms with Gasteiger partial charge in [-0.2, -0.15) is 0 Å². The topological polar surface area (TPSA) is 65.1 Å². The van der Waals surface area contributed by atoms with Crippen molar-refractivity contribution >= 4 is 23.2 Å². The quantitative estimate of drug-likeness (QED) is 0.661. The third-order valence-corrected chi connectivity index (χ3v) is 5.84. The first-order chi connectivity index (χ1) is 15.2. The van der Waals surface area contributed by atoms with Gasteiger partial charge in [0, 0.05) is 51.4 Å². The molecule has 2 aromatic carbocycles. The van der Waals surface area contributed by atoms with Crippen LogP contribution in [0.3, 0.4) is 0 Å². The number of hydrogen-bond acceptors (Lipinski definition) is 5. The van der Waals surface area contributed by atoms with Crippen LogP contribution >= 0.6 is 0 Å². The van der Waals surface area contributed by atoms with Crippen LogP contribution in [0.2, 0.25) is 0 Å². The van der Waals surface area contributed by atoms with Crippen LogP contribution in [-0.4, -0.2) is 69.1 Å². The minimum atomic E-state index is -0.110. The molecule has 0 saturated carbocycles. The predicted octanol–water partition coefficient (Wildman–Crippen LogP) is 2.13. The maximum atomic E-state index is 12.3. The molecule has 0 spiro atoms. The van der Waals surface area contributed by atoms with Gasteiger partial charge in [-0.25, -0.2) is 0 Å². The van der Waals surface area contributed by atoms with Crippen LogP contribution < -0.4 is 19.9 Å². The predicted molar refractivity (Wildman–Crippen MR) is 122 cm³/mol. The van der Waals surface area contributed by atoms with Crippen LogP contribution in [0.1, 0.15) is 12.8 Å². The number of benzene rings is 2. The van der Waals surface area contributed by atoms with Gasteiger partial charge in [-0.15, -0.1) is 0 Å². The average Bonchev–Trinajstić information content (AvgIpc) is 2.82. The highest BCUT2D eigenvalue weighted by Crippen LogP contribution is 2.31. The van der Waals surface area contributed by atoms with E-state index in [2.05, 4.69) is 39.4 Å². The molecule has 1 fully saturated rings. The Hall–Kier alpha value is -3.06. The van der Waals surface area contributed by atoms with Crippen molar-refractivity contribution in [2.45, 2.75) is 12.8 Å². The lowest BCUT2D eigenvalue weighted by molar-refractivity contribution is -0.122. The molecule has 0 bridgehead atoms. The number of nitrogens with one attached hydrogen (secondary N) is 1. The van der Waals surface area contributed by atoms with Crippen LogP contribution in [-0.2, 0) is 9.59 Å². The summed E-state index contributed by atoms with van der Waals surface area (Å²) < 4.78 is 5.44. The molecule has 2 heterocycles. The molecule has 0 aliphatic carbocycles. The van der Waals surface area contributed by atoms with Crippen molar-refractivity contribution in [3.05, 3.63) is 54.6 Å². The second kappa shape index (κ2) is 10.3. The van der Waals surface area contributed by atoms with Crippen molar-refractivity contribution in [2.24, 2.45) is 0 Å². The van der Waals surface area contributed by atoms with Gasteiger partial charge in [0.15, 0.2) is 6.61 Å². The lowest BCUT2D eigenvalue weighted by atomic mass is 10.2. The number of hydrogen-bond donors (Lipinski definition) is 1. The van der Waals surface area contributed by atoms with Crippen molar-refractivity contribution in [3.8, 4) is 5.75 Å². The van der Waals surface area contributed by atoms with E-state index < -0.39 is 0 Å². The van der Waals surface area contributed by atoms with Gasteiger partial charge in [0.1, 0.15) is 5.75 Å². The van der Waals surface area contributed by atoms with Crippen molar-refractivity contribution in [2.75, 3.05) is 62.2 Å². The second-order valence-corrected chi connectivity index (χ2v) is 7.92. The third kappa shape index (κ3) is 5.55.